The van der Waals surface area contributed by atoms with E-state index in [4.69, 9.17) is 0 Å². The van der Waals surface area contributed by atoms with Crippen LogP contribution >= 0.6 is 0 Å². The zero-order valence-corrected chi connectivity index (χ0v) is 12.6. The van der Waals surface area contributed by atoms with Gasteiger partial charge >= 0.3 is 6.03 Å². The Morgan fingerprint density at radius 2 is 2.19 bits per heavy atom. The first-order chi connectivity index (χ1) is 10.3. The molecule has 2 saturated carbocycles. The third-order valence-electron chi connectivity index (χ3n) is 5.88. The lowest BCUT2D eigenvalue weighted by atomic mass is 9.65. The maximum atomic E-state index is 12.6. The molecule has 2 aliphatic carbocycles. The quantitative estimate of drug-likeness (QED) is 0.875. The van der Waals surface area contributed by atoms with Crippen molar-refractivity contribution in [1.82, 2.24) is 15.2 Å². The van der Waals surface area contributed by atoms with Crippen LogP contribution in [-0.4, -0.2) is 29.0 Å². The summed E-state index contributed by atoms with van der Waals surface area (Å²) >= 11 is 0. The fourth-order valence-electron chi connectivity index (χ4n) is 4.29. The summed E-state index contributed by atoms with van der Waals surface area (Å²) in [5, 5.41) is 3.25. The van der Waals surface area contributed by atoms with Gasteiger partial charge in [0, 0.05) is 25.0 Å². The highest BCUT2D eigenvalue weighted by molar-refractivity contribution is 5.75. The molecule has 1 aromatic heterocycles. The number of rotatable bonds is 4. The molecule has 4 heteroatoms. The van der Waals surface area contributed by atoms with E-state index >= 15 is 0 Å². The summed E-state index contributed by atoms with van der Waals surface area (Å²) in [5.74, 6) is 0.893. The minimum absolute atomic E-state index is 0.138. The first kappa shape index (κ1) is 13.2. The van der Waals surface area contributed by atoms with Crippen molar-refractivity contribution >= 4 is 6.03 Å². The van der Waals surface area contributed by atoms with Crippen molar-refractivity contribution in [3.63, 3.8) is 0 Å². The van der Waals surface area contributed by atoms with Crippen LogP contribution in [0.15, 0.2) is 18.3 Å². The number of carbonyl (C=O) groups is 1. The van der Waals surface area contributed by atoms with Gasteiger partial charge in [0.1, 0.15) is 0 Å². The summed E-state index contributed by atoms with van der Waals surface area (Å²) < 4.78 is 0. The Morgan fingerprint density at radius 1 is 1.33 bits per heavy atom. The number of urea groups is 1. The Morgan fingerprint density at radius 3 is 2.81 bits per heavy atom. The van der Waals surface area contributed by atoms with Gasteiger partial charge in [-0.2, -0.15) is 0 Å². The fourth-order valence-corrected chi connectivity index (χ4v) is 4.29. The molecule has 0 spiro atoms. The van der Waals surface area contributed by atoms with Gasteiger partial charge in [-0.05, 0) is 62.0 Å². The monoisotopic (exact) mass is 287 g/mol. The zero-order valence-electron chi connectivity index (χ0n) is 12.6. The number of carbonyl (C=O) groups excluding carboxylic acids is 1. The molecule has 0 aromatic carbocycles. The molecule has 1 aromatic rings. The second kappa shape index (κ2) is 5.08. The maximum Gasteiger partial charge on any atom is 0.317 e. The molecule has 0 unspecified atom stereocenters. The molecular weight excluding hydrogens is 262 g/mol. The van der Waals surface area contributed by atoms with E-state index in [1.807, 2.05) is 17.2 Å². The summed E-state index contributed by atoms with van der Waals surface area (Å²) in [6, 6.07) is 4.48. The van der Waals surface area contributed by atoms with Gasteiger partial charge in [0.2, 0.25) is 0 Å². The van der Waals surface area contributed by atoms with E-state index in [0.29, 0.717) is 5.41 Å². The van der Waals surface area contributed by atoms with Crippen molar-refractivity contribution in [2.24, 2.45) is 11.3 Å². The highest BCUT2D eigenvalue weighted by Gasteiger charge is 2.49. The lowest BCUT2D eigenvalue weighted by molar-refractivity contribution is 0.0973. The Hall–Kier alpha value is -1.45. The van der Waals surface area contributed by atoms with Gasteiger partial charge in [-0.25, -0.2) is 4.79 Å². The Balaban J connectivity index is 1.38. The molecule has 3 aliphatic rings. The van der Waals surface area contributed by atoms with Crippen LogP contribution in [0.25, 0.3) is 0 Å². The summed E-state index contributed by atoms with van der Waals surface area (Å²) in [6.07, 6.45) is 10.9. The average molecular weight is 287 g/mol. The molecule has 2 heterocycles. The minimum atomic E-state index is 0.138. The Bertz CT molecular complexity index is 502. The number of H-pyrrole nitrogens is 1. The van der Waals surface area contributed by atoms with Crippen LogP contribution in [0.5, 0.6) is 0 Å². The first-order valence-electron chi connectivity index (χ1n) is 8.46. The average Bonchev–Trinajstić information content (AvgIpc) is 2.97. The number of hydrogen-bond donors (Lipinski definition) is 2. The van der Waals surface area contributed by atoms with Crippen LogP contribution in [0, 0.1) is 11.3 Å². The normalized spacial score (nSPS) is 27.4. The molecule has 0 bridgehead atoms. The molecule has 1 atom stereocenters. The summed E-state index contributed by atoms with van der Waals surface area (Å²) in [7, 11) is 0. The SMILES string of the molecule is O=C(NCC1(C2CC2)CCC1)N1CCC[C@H]1c1ccc[nH]1. The van der Waals surface area contributed by atoms with Crippen molar-refractivity contribution in [3.05, 3.63) is 24.0 Å². The third kappa shape index (κ3) is 2.34. The van der Waals surface area contributed by atoms with Crippen LogP contribution in [0.2, 0.25) is 0 Å². The fraction of sp³-hybridized carbons (Fsp3) is 0.706. The van der Waals surface area contributed by atoms with Gasteiger partial charge in [-0.15, -0.1) is 0 Å². The molecule has 1 saturated heterocycles. The van der Waals surface area contributed by atoms with Crippen molar-refractivity contribution < 1.29 is 4.79 Å². The molecule has 0 radical (unpaired) electrons. The van der Waals surface area contributed by atoms with Gasteiger partial charge in [-0.1, -0.05) is 6.42 Å². The van der Waals surface area contributed by atoms with E-state index < -0.39 is 0 Å². The van der Waals surface area contributed by atoms with Gasteiger partial charge in [-0.3, -0.25) is 0 Å². The molecular formula is C17H25N3O. The van der Waals surface area contributed by atoms with Gasteiger partial charge in [0.25, 0.3) is 0 Å². The number of nitrogens with one attached hydrogen (secondary N) is 2. The van der Waals surface area contributed by atoms with E-state index in [1.165, 1.54) is 37.8 Å². The van der Waals surface area contributed by atoms with E-state index in [-0.39, 0.29) is 12.1 Å². The van der Waals surface area contributed by atoms with Gasteiger partial charge < -0.3 is 15.2 Å². The Kier molecular flexibility index (Phi) is 3.20. The Labute approximate surface area is 126 Å². The van der Waals surface area contributed by atoms with Crippen molar-refractivity contribution in [1.29, 1.82) is 0 Å². The van der Waals surface area contributed by atoms with Crippen molar-refractivity contribution in [2.75, 3.05) is 13.1 Å². The van der Waals surface area contributed by atoms with E-state index in [9.17, 15) is 4.79 Å². The molecule has 3 fully saturated rings. The first-order valence-corrected chi connectivity index (χ1v) is 8.46. The topological polar surface area (TPSA) is 48.1 Å². The molecule has 2 amide bonds. The minimum Gasteiger partial charge on any atom is -0.363 e. The van der Waals surface area contributed by atoms with Crippen LogP contribution in [0.1, 0.15) is 56.7 Å². The second-order valence-corrected chi connectivity index (χ2v) is 7.13. The molecule has 21 heavy (non-hydrogen) atoms. The number of hydrogen-bond acceptors (Lipinski definition) is 1. The second-order valence-electron chi connectivity index (χ2n) is 7.13. The molecule has 4 nitrogen and oxygen atoms in total. The lowest BCUT2D eigenvalue weighted by Crippen LogP contribution is -2.48. The van der Waals surface area contributed by atoms with E-state index in [1.54, 1.807) is 0 Å². The lowest BCUT2D eigenvalue weighted by Gasteiger charge is -2.43. The number of likely N-dealkylation sites (tertiary alicyclic amines) is 1. The molecule has 4 rings (SSSR count). The highest BCUT2D eigenvalue weighted by atomic mass is 16.2. The van der Waals surface area contributed by atoms with Gasteiger partial charge in [0.15, 0.2) is 0 Å². The van der Waals surface area contributed by atoms with Crippen LogP contribution < -0.4 is 5.32 Å². The number of amides is 2. The van der Waals surface area contributed by atoms with E-state index in [2.05, 4.69) is 16.4 Å². The molecule has 1 aliphatic heterocycles. The number of nitrogens with zero attached hydrogens (tertiary/aromatic N) is 1. The van der Waals surface area contributed by atoms with Crippen LogP contribution in [0.3, 0.4) is 0 Å². The third-order valence-corrected chi connectivity index (χ3v) is 5.88. The van der Waals surface area contributed by atoms with Crippen molar-refractivity contribution in [3.8, 4) is 0 Å². The predicted molar refractivity (Wildman–Crippen MR) is 81.9 cm³/mol. The number of aromatic amines is 1. The largest absolute Gasteiger partial charge is 0.363 e. The standard InChI is InChI=1S/C17H25N3O/c21-16(19-12-17(8-3-9-17)13-6-7-13)20-11-2-5-15(20)14-4-1-10-18-14/h1,4,10,13,15,18H,2-3,5-9,11-12H2,(H,19,21)/t15-/m0/s1. The van der Waals surface area contributed by atoms with E-state index in [0.717, 1.165) is 31.8 Å². The highest BCUT2D eigenvalue weighted by Crippen LogP contribution is 2.56. The predicted octanol–water partition coefficient (Wildman–Crippen LogP) is 3.44. The van der Waals surface area contributed by atoms with Gasteiger partial charge in [0.05, 0.1) is 6.04 Å². The van der Waals surface area contributed by atoms with Crippen LogP contribution in [0.4, 0.5) is 4.79 Å². The van der Waals surface area contributed by atoms with Crippen LogP contribution in [-0.2, 0) is 0 Å². The smallest absolute Gasteiger partial charge is 0.317 e. The molecule has 2 N–H and O–H groups in total. The summed E-state index contributed by atoms with van der Waals surface area (Å²) in [5.41, 5.74) is 1.63. The summed E-state index contributed by atoms with van der Waals surface area (Å²) in [4.78, 5) is 17.9. The molecule has 114 valence electrons. The maximum absolute atomic E-state index is 12.6. The number of aromatic nitrogens is 1. The zero-order chi connectivity index (χ0) is 14.3. The van der Waals surface area contributed by atoms with Crippen molar-refractivity contribution in [2.45, 2.75) is 51.0 Å². The summed E-state index contributed by atoms with van der Waals surface area (Å²) in [6.45, 7) is 1.77.